The summed E-state index contributed by atoms with van der Waals surface area (Å²) in [5.41, 5.74) is 0.277. The summed E-state index contributed by atoms with van der Waals surface area (Å²) in [7, 11) is -2.14. The van der Waals surface area contributed by atoms with Crippen LogP contribution in [0, 0.1) is 10.1 Å². The Balaban J connectivity index is 1.80. The molecule has 2 aromatic carbocycles. The monoisotopic (exact) mass is 417 g/mol. The minimum Gasteiger partial charge on any atom is -0.322 e. The van der Waals surface area contributed by atoms with E-state index in [0.29, 0.717) is 0 Å². The second kappa shape index (κ2) is 8.71. The van der Waals surface area contributed by atoms with Crippen molar-refractivity contribution in [2.75, 3.05) is 12.4 Å². The fourth-order valence-electron chi connectivity index (χ4n) is 3.51. The molecule has 1 aliphatic rings. The Kier molecular flexibility index (Phi) is 6.29. The van der Waals surface area contributed by atoms with Gasteiger partial charge in [-0.25, -0.2) is 8.42 Å². The van der Waals surface area contributed by atoms with Crippen LogP contribution in [0.1, 0.15) is 42.5 Å². The molecule has 0 heterocycles. The first kappa shape index (κ1) is 20.9. The zero-order valence-electron chi connectivity index (χ0n) is 16.1. The highest BCUT2D eigenvalue weighted by Gasteiger charge is 2.29. The van der Waals surface area contributed by atoms with E-state index in [0.717, 1.165) is 32.1 Å². The van der Waals surface area contributed by atoms with Gasteiger partial charge < -0.3 is 5.32 Å². The van der Waals surface area contributed by atoms with Crippen molar-refractivity contribution in [1.82, 2.24) is 4.31 Å². The molecule has 3 rings (SSSR count). The zero-order valence-corrected chi connectivity index (χ0v) is 16.9. The van der Waals surface area contributed by atoms with Crippen LogP contribution in [0.15, 0.2) is 53.4 Å². The van der Waals surface area contributed by atoms with Crippen molar-refractivity contribution in [1.29, 1.82) is 0 Å². The van der Waals surface area contributed by atoms with Gasteiger partial charge in [-0.15, -0.1) is 0 Å². The molecule has 9 heteroatoms. The first-order valence-electron chi connectivity index (χ1n) is 9.43. The van der Waals surface area contributed by atoms with Crippen molar-refractivity contribution in [3.05, 3.63) is 64.2 Å². The SMILES string of the molecule is CN(C1CCCCC1)S(=O)(=O)c1cccc(C(=O)Nc2cccc([N+](=O)[O-])c2)c1. The average Bonchev–Trinajstić information content (AvgIpc) is 2.74. The third kappa shape index (κ3) is 4.80. The van der Waals surface area contributed by atoms with Crippen molar-refractivity contribution in [3.8, 4) is 0 Å². The highest BCUT2D eigenvalue weighted by atomic mass is 32.2. The molecule has 0 saturated heterocycles. The van der Waals surface area contributed by atoms with Gasteiger partial charge in [-0.3, -0.25) is 14.9 Å². The maximum atomic E-state index is 13.0. The van der Waals surface area contributed by atoms with Crippen LogP contribution in [0.2, 0.25) is 0 Å². The van der Waals surface area contributed by atoms with Gasteiger partial charge in [0.05, 0.1) is 9.82 Å². The molecule has 0 unspecified atom stereocenters. The van der Waals surface area contributed by atoms with E-state index in [4.69, 9.17) is 0 Å². The molecule has 0 aromatic heterocycles. The van der Waals surface area contributed by atoms with E-state index in [-0.39, 0.29) is 27.9 Å². The largest absolute Gasteiger partial charge is 0.322 e. The molecule has 29 heavy (non-hydrogen) atoms. The van der Waals surface area contributed by atoms with E-state index in [1.807, 2.05) is 0 Å². The molecular formula is C20H23N3O5S. The first-order valence-corrected chi connectivity index (χ1v) is 10.9. The molecule has 1 aliphatic carbocycles. The third-order valence-corrected chi connectivity index (χ3v) is 7.08. The Morgan fingerprint density at radius 3 is 2.48 bits per heavy atom. The molecule has 0 atom stereocenters. The summed E-state index contributed by atoms with van der Waals surface area (Å²) in [6.45, 7) is 0. The van der Waals surface area contributed by atoms with Gasteiger partial charge >= 0.3 is 0 Å². The number of nitrogens with one attached hydrogen (secondary N) is 1. The maximum Gasteiger partial charge on any atom is 0.271 e. The molecule has 0 aliphatic heterocycles. The molecule has 8 nitrogen and oxygen atoms in total. The Labute approximate surface area is 169 Å². The van der Waals surface area contributed by atoms with E-state index in [9.17, 15) is 23.3 Å². The number of nitrogens with zero attached hydrogens (tertiary/aromatic N) is 2. The van der Waals surface area contributed by atoms with E-state index in [2.05, 4.69) is 5.32 Å². The number of rotatable bonds is 6. The molecule has 154 valence electrons. The summed E-state index contributed by atoms with van der Waals surface area (Å²) >= 11 is 0. The molecule has 1 fully saturated rings. The van der Waals surface area contributed by atoms with Crippen LogP contribution in [-0.4, -0.2) is 36.6 Å². The normalized spacial score (nSPS) is 15.2. The van der Waals surface area contributed by atoms with Gasteiger partial charge in [0.2, 0.25) is 10.0 Å². The summed E-state index contributed by atoms with van der Waals surface area (Å²) < 4.78 is 27.4. The lowest BCUT2D eigenvalue weighted by Crippen LogP contribution is -2.38. The van der Waals surface area contributed by atoms with Gasteiger partial charge in [0.1, 0.15) is 0 Å². The van der Waals surface area contributed by atoms with Gasteiger partial charge in [0.15, 0.2) is 0 Å². The Morgan fingerprint density at radius 2 is 1.79 bits per heavy atom. The molecule has 1 amide bonds. The summed E-state index contributed by atoms with van der Waals surface area (Å²) in [6.07, 6.45) is 4.81. The Hall–Kier alpha value is -2.78. The van der Waals surface area contributed by atoms with E-state index < -0.39 is 20.9 Å². The lowest BCUT2D eigenvalue weighted by molar-refractivity contribution is -0.384. The number of sulfonamides is 1. The molecule has 0 radical (unpaired) electrons. The Bertz CT molecular complexity index is 1020. The summed E-state index contributed by atoms with van der Waals surface area (Å²) in [6, 6.07) is 11.4. The van der Waals surface area contributed by atoms with Crippen molar-refractivity contribution in [2.45, 2.75) is 43.0 Å². The number of non-ortho nitro benzene ring substituents is 1. The third-order valence-electron chi connectivity index (χ3n) is 5.18. The second-order valence-corrected chi connectivity index (χ2v) is 9.10. The molecular weight excluding hydrogens is 394 g/mol. The molecule has 0 spiro atoms. The Morgan fingerprint density at radius 1 is 1.10 bits per heavy atom. The quantitative estimate of drug-likeness (QED) is 0.568. The summed E-state index contributed by atoms with van der Waals surface area (Å²) in [5.74, 6) is -0.539. The maximum absolute atomic E-state index is 13.0. The van der Waals surface area contributed by atoms with Crippen LogP contribution in [-0.2, 0) is 10.0 Å². The number of hydrogen-bond acceptors (Lipinski definition) is 5. The number of carbonyl (C=O) groups excluding carboxylic acids is 1. The van der Waals surface area contributed by atoms with Crippen LogP contribution >= 0.6 is 0 Å². The fraction of sp³-hybridized carbons (Fsp3) is 0.350. The number of amides is 1. The van der Waals surface area contributed by atoms with E-state index in [1.54, 1.807) is 7.05 Å². The lowest BCUT2D eigenvalue weighted by atomic mass is 9.96. The van der Waals surface area contributed by atoms with Gasteiger partial charge in [-0.05, 0) is 37.1 Å². The zero-order chi connectivity index (χ0) is 21.0. The minimum atomic E-state index is -3.72. The minimum absolute atomic E-state index is 0.0314. The van der Waals surface area contributed by atoms with Crippen molar-refractivity contribution in [3.63, 3.8) is 0 Å². The van der Waals surface area contributed by atoms with Crippen LogP contribution in [0.4, 0.5) is 11.4 Å². The van der Waals surface area contributed by atoms with E-state index >= 15 is 0 Å². The molecule has 2 aromatic rings. The van der Waals surface area contributed by atoms with Gasteiger partial charge in [0, 0.05) is 36.5 Å². The predicted octanol–water partition coefficient (Wildman–Crippen LogP) is 3.80. The molecule has 1 N–H and O–H groups in total. The van der Waals surface area contributed by atoms with Crippen LogP contribution in [0.25, 0.3) is 0 Å². The van der Waals surface area contributed by atoms with Gasteiger partial charge in [0.25, 0.3) is 11.6 Å². The fourth-order valence-corrected chi connectivity index (χ4v) is 4.97. The average molecular weight is 417 g/mol. The summed E-state index contributed by atoms with van der Waals surface area (Å²) in [5, 5.41) is 13.5. The number of anilines is 1. The standard InChI is InChI=1S/C20H23N3O5S/c1-22(17-9-3-2-4-10-17)29(27,28)19-12-5-7-15(13-19)20(24)21-16-8-6-11-18(14-16)23(25)26/h5-8,11-14,17H,2-4,9-10H2,1H3,(H,21,24). The van der Waals surface area contributed by atoms with Gasteiger partial charge in [-0.2, -0.15) is 4.31 Å². The number of benzene rings is 2. The topological polar surface area (TPSA) is 110 Å². The highest BCUT2D eigenvalue weighted by Crippen LogP contribution is 2.27. The number of nitro benzene ring substituents is 1. The van der Waals surface area contributed by atoms with Crippen molar-refractivity contribution < 1.29 is 18.1 Å². The van der Waals surface area contributed by atoms with Crippen LogP contribution in [0.3, 0.4) is 0 Å². The number of nitro groups is 1. The summed E-state index contributed by atoms with van der Waals surface area (Å²) in [4.78, 5) is 22.9. The van der Waals surface area contributed by atoms with Crippen molar-refractivity contribution >= 4 is 27.3 Å². The number of carbonyl (C=O) groups is 1. The van der Waals surface area contributed by atoms with Crippen molar-refractivity contribution in [2.24, 2.45) is 0 Å². The molecule has 0 bridgehead atoms. The number of hydrogen-bond donors (Lipinski definition) is 1. The van der Waals surface area contributed by atoms with Gasteiger partial charge in [-0.1, -0.05) is 31.4 Å². The first-order chi connectivity index (χ1) is 13.8. The second-order valence-electron chi connectivity index (χ2n) is 7.10. The molecule has 1 saturated carbocycles. The van der Waals surface area contributed by atoms with Crippen LogP contribution < -0.4 is 5.32 Å². The van der Waals surface area contributed by atoms with E-state index in [1.165, 1.54) is 52.8 Å². The highest BCUT2D eigenvalue weighted by molar-refractivity contribution is 7.89. The predicted molar refractivity (Wildman–Crippen MR) is 109 cm³/mol. The lowest BCUT2D eigenvalue weighted by Gasteiger charge is -2.30. The van der Waals surface area contributed by atoms with Crippen LogP contribution in [0.5, 0.6) is 0 Å². The smallest absolute Gasteiger partial charge is 0.271 e.